The van der Waals surface area contributed by atoms with Crippen molar-refractivity contribution in [2.45, 2.75) is 108 Å². The Bertz CT molecular complexity index is 1080. The second-order valence-corrected chi connectivity index (χ2v) is 13.2. The Balaban J connectivity index is 1.54. The summed E-state index contributed by atoms with van der Waals surface area (Å²) < 4.78 is 12.0. The summed E-state index contributed by atoms with van der Waals surface area (Å²) in [5, 5.41) is 9.80. The van der Waals surface area contributed by atoms with E-state index in [-0.39, 0.29) is 48.6 Å². The Morgan fingerprint density at radius 2 is 1.95 bits per heavy atom. The molecule has 8 atom stereocenters. The van der Waals surface area contributed by atoms with Crippen LogP contribution >= 0.6 is 0 Å². The third-order valence-electron chi connectivity index (χ3n) is 10.1. The van der Waals surface area contributed by atoms with Gasteiger partial charge in [-0.15, -0.1) is 0 Å². The van der Waals surface area contributed by atoms with Crippen LogP contribution in [0.15, 0.2) is 16.6 Å². The summed E-state index contributed by atoms with van der Waals surface area (Å²) in [4.78, 5) is 45.9. The van der Waals surface area contributed by atoms with Gasteiger partial charge in [0.05, 0.1) is 12.8 Å². The lowest BCUT2D eigenvalue weighted by molar-refractivity contribution is -0.159. The fourth-order valence-electron chi connectivity index (χ4n) is 7.63. The van der Waals surface area contributed by atoms with Crippen LogP contribution in [0.2, 0.25) is 0 Å². The van der Waals surface area contributed by atoms with Crippen LogP contribution in [0, 0.1) is 23.7 Å². The number of Topliss-reactive ketones (excluding diaryl/α,β-unsaturated/α-hetero) is 2. The van der Waals surface area contributed by atoms with Crippen LogP contribution in [0.3, 0.4) is 0 Å². The predicted octanol–water partition coefficient (Wildman–Crippen LogP) is 1.94. The third kappa shape index (κ3) is 7.00. The van der Waals surface area contributed by atoms with Crippen molar-refractivity contribution in [2.24, 2.45) is 40.1 Å². The molecule has 2 aliphatic carbocycles. The Labute approximate surface area is 256 Å². The van der Waals surface area contributed by atoms with E-state index in [2.05, 4.69) is 27.9 Å². The number of carbonyl (C=O) groups excluding carboxylic acids is 3. The van der Waals surface area contributed by atoms with Crippen LogP contribution in [-0.4, -0.2) is 80.7 Å². The van der Waals surface area contributed by atoms with Crippen molar-refractivity contribution >= 4 is 23.5 Å². The maximum absolute atomic E-state index is 14.1. The van der Waals surface area contributed by atoms with Crippen molar-refractivity contribution in [3.05, 3.63) is 11.6 Å². The highest BCUT2D eigenvalue weighted by atomic mass is 16.7. The molecular weight excluding hydrogens is 548 g/mol. The third-order valence-corrected chi connectivity index (χ3v) is 10.1. The Hall–Kier alpha value is -2.34. The molecule has 4 aliphatic rings. The Kier molecular flexibility index (Phi) is 11.4. The minimum absolute atomic E-state index is 0.000845. The number of epoxide rings is 1. The van der Waals surface area contributed by atoms with Gasteiger partial charge in [0.2, 0.25) is 0 Å². The number of nitrogens with zero attached hydrogens (tertiary/aromatic N) is 1. The Morgan fingerprint density at radius 1 is 1.23 bits per heavy atom. The van der Waals surface area contributed by atoms with Crippen molar-refractivity contribution < 1.29 is 23.9 Å². The van der Waals surface area contributed by atoms with E-state index in [0.717, 1.165) is 57.1 Å². The van der Waals surface area contributed by atoms with Gasteiger partial charge in [-0.2, -0.15) is 0 Å². The van der Waals surface area contributed by atoms with Crippen LogP contribution in [0.1, 0.15) is 84.5 Å². The number of unbranched alkanes of at least 4 members (excludes halogenated alkanes) is 1. The summed E-state index contributed by atoms with van der Waals surface area (Å²) in [5.41, 5.74) is 9.94. The number of guanidine groups is 1. The summed E-state index contributed by atoms with van der Waals surface area (Å²) in [6.07, 6.45) is 10.5. The van der Waals surface area contributed by atoms with Crippen molar-refractivity contribution in [3.8, 4) is 0 Å². The van der Waals surface area contributed by atoms with E-state index in [1.165, 1.54) is 0 Å². The van der Waals surface area contributed by atoms with E-state index in [1.807, 2.05) is 20.0 Å². The summed E-state index contributed by atoms with van der Waals surface area (Å²) in [6.45, 7) is 5.85. The zero-order valence-corrected chi connectivity index (χ0v) is 26.6. The number of hydrogen-bond acceptors (Lipinski definition) is 9. The van der Waals surface area contributed by atoms with E-state index in [0.29, 0.717) is 31.8 Å². The molecule has 2 saturated heterocycles. The standard InChI is InChI=1S/C32H54N6O5/c1-5-6-9-21(18-35-3)19-42-29(41)32-28(40)24-11-8-7-10-23(24)27(39)31(32,43-32)14-12-20(2)16-25(38-30(34)36-4)22-13-15-37-26(33)17-22/h12,21-26,35,37H,5-11,13-19,33H2,1-4H3,(H3,34,36,38). The molecule has 2 heterocycles. The molecule has 4 rings (SSSR count). The summed E-state index contributed by atoms with van der Waals surface area (Å²) in [6, 6.07) is -0.000845. The number of esters is 1. The molecular formula is C32H54N6O5. The highest BCUT2D eigenvalue weighted by Gasteiger charge is 2.86. The van der Waals surface area contributed by atoms with Crippen molar-refractivity contribution in [1.82, 2.24) is 16.0 Å². The second kappa shape index (κ2) is 14.6. The molecule has 7 N–H and O–H groups in total. The van der Waals surface area contributed by atoms with Gasteiger partial charge in [-0.25, -0.2) is 4.79 Å². The number of ether oxygens (including phenoxy) is 2. The fourth-order valence-corrected chi connectivity index (χ4v) is 7.63. The molecule has 8 unspecified atom stereocenters. The number of carbonyl (C=O) groups is 3. The molecule has 2 saturated carbocycles. The molecule has 0 aromatic rings. The number of nitrogens with two attached hydrogens (primary N) is 2. The quantitative estimate of drug-likeness (QED) is 0.0494. The molecule has 11 heteroatoms. The molecule has 0 aromatic heterocycles. The van der Waals surface area contributed by atoms with Crippen molar-refractivity contribution in [1.29, 1.82) is 0 Å². The number of rotatable bonds is 14. The molecule has 2 aliphatic heterocycles. The monoisotopic (exact) mass is 602 g/mol. The first kappa shape index (κ1) is 33.6. The molecule has 4 fully saturated rings. The van der Waals surface area contributed by atoms with E-state index in [4.69, 9.17) is 20.9 Å². The molecule has 0 aromatic carbocycles. The lowest BCUT2D eigenvalue weighted by Crippen LogP contribution is -2.58. The molecule has 11 nitrogen and oxygen atoms in total. The maximum Gasteiger partial charge on any atom is 0.349 e. The first-order chi connectivity index (χ1) is 20.6. The average Bonchev–Trinajstić information content (AvgIpc) is 3.72. The van der Waals surface area contributed by atoms with E-state index >= 15 is 0 Å². The predicted molar refractivity (Wildman–Crippen MR) is 166 cm³/mol. The van der Waals surface area contributed by atoms with Gasteiger partial charge in [-0.1, -0.05) is 44.3 Å². The van der Waals surface area contributed by atoms with Crippen molar-refractivity contribution in [3.63, 3.8) is 0 Å². The van der Waals surface area contributed by atoms with Crippen molar-refractivity contribution in [2.75, 3.05) is 33.8 Å². The highest BCUT2D eigenvalue weighted by Crippen LogP contribution is 2.61. The largest absolute Gasteiger partial charge is 0.463 e. The van der Waals surface area contributed by atoms with Gasteiger partial charge in [-0.05, 0) is 65.0 Å². The molecule has 0 radical (unpaired) electrons. The Morgan fingerprint density at radius 3 is 2.60 bits per heavy atom. The number of hydrogen-bond donors (Lipinski definition) is 5. The number of ketones is 2. The maximum atomic E-state index is 14.1. The van der Waals surface area contributed by atoms with E-state index in [1.54, 1.807) is 7.05 Å². The number of fused-ring (bicyclic) bond motifs is 2. The zero-order chi connectivity index (χ0) is 31.2. The van der Waals surface area contributed by atoms with Gasteiger partial charge in [0.15, 0.2) is 23.1 Å². The first-order valence-electron chi connectivity index (χ1n) is 16.4. The zero-order valence-electron chi connectivity index (χ0n) is 26.6. The SMILES string of the molecule is CCCCC(CNC)COC(=O)C12OC1(CC=C(C)CC(NC(N)=NC)C1CCNC(N)C1)C(=O)C1CCCCC1C2=O. The van der Waals surface area contributed by atoms with Crippen LogP contribution < -0.4 is 27.4 Å². The number of aliphatic imine (C=N–C) groups is 1. The second-order valence-electron chi connectivity index (χ2n) is 13.2. The average molecular weight is 603 g/mol. The molecule has 0 bridgehead atoms. The number of nitrogens with one attached hydrogen (secondary N) is 3. The van der Waals surface area contributed by atoms with Crippen LogP contribution in [0.5, 0.6) is 0 Å². The molecule has 0 spiro atoms. The van der Waals surface area contributed by atoms with Crippen LogP contribution in [0.25, 0.3) is 0 Å². The number of piperidine rings is 1. The van der Waals surface area contributed by atoms with Gasteiger partial charge < -0.3 is 36.9 Å². The molecule has 0 amide bonds. The lowest BCUT2D eigenvalue weighted by Gasteiger charge is -2.37. The fraction of sp³-hybridized carbons (Fsp3) is 0.812. The minimum Gasteiger partial charge on any atom is -0.463 e. The van der Waals surface area contributed by atoms with Gasteiger partial charge >= 0.3 is 5.97 Å². The van der Waals surface area contributed by atoms with Gasteiger partial charge in [0.25, 0.3) is 5.60 Å². The van der Waals surface area contributed by atoms with Gasteiger partial charge in [0.1, 0.15) is 0 Å². The van der Waals surface area contributed by atoms with E-state index in [9.17, 15) is 14.4 Å². The van der Waals surface area contributed by atoms with E-state index < -0.39 is 29.0 Å². The lowest BCUT2D eigenvalue weighted by atomic mass is 9.61. The molecule has 43 heavy (non-hydrogen) atoms. The normalized spacial score (nSPS) is 34.2. The van der Waals surface area contributed by atoms with Crippen LogP contribution in [0.4, 0.5) is 0 Å². The molecule has 242 valence electrons. The van der Waals surface area contributed by atoms with Crippen LogP contribution in [-0.2, 0) is 23.9 Å². The minimum atomic E-state index is -1.84. The summed E-state index contributed by atoms with van der Waals surface area (Å²) in [5.74, 6) is -1.18. The smallest absolute Gasteiger partial charge is 0.349 e. The van der Waals surface area contributed by atoms with Gasteiger partial charge in [-0.3, -0.25) is 14.6 Å². The summed E-state index contributed by atoms with van der Waals surface area (Å²) in [7, 11) is 3.52. The topological polar surface area (TPSA) is 173 Å². The highest BCUT2D eigenvalue weighted by molar-refractivity contribution is 6.23. The first-order valence-corrected chi connectivity index (χ1v) is 16.4. The summed E-state index contributed by atoms with van der Waals surface area (Å²) >= 11 is 0. The van der Waals surface area contributed by atoms with Gasteiger partial charge in [0, 0.05) is 43.8 Å².